The number of carbonyl (C=O) groups is 4. The van der Waals surface area contributed by atoms with Crippen LogP contribution in [0.1, 0.15) is 41.0 Å². The van der Waals surface area contributed by atoms with Gasteiger partial charge in [0.05, 0.1) is 48.8 Å². The lowest BCUT2D eigenvalue weighted by molar-refractivity contribution is -0.138. The number of phenolic OH excluding ortho intramolecular Hbond substituents is 1. The van der Waals surface area contributed by atoms with Crippen molar-refractivity contribution in [1.29, 1.82) is 0 Å². The van der Waals surface area contributed by atoms with Gasteiger partial charge in [0, 0.05) is 5.92 Å². The average Bonchev–Trinajstić information content (AvgIpc) is 3.56. The molecule has 0 bridgehead atoms. The Labute approximate surface area is 307 Å². The van der Waals surface area contributed by atoms with Crippen LogP contribution in [0.5, 0.6) is 17.2 Å². The van der Waals surface area contributed by atoms with E-state index < -0.39 is 46.8 Å². The molecule has 4 aromatic rings. The molecule has 4 amide bonds. The number of phenols is 1. The van der Waals surface area contributed by atoms with Crippen molar-refractivity contribution in [2.75, 3.05) is 24.5 Å². The van der Waals surface area contributed by atoms with Gasteiger partial charge in [-0.05, 0) is 78.8 Å². The number of aryl methyl sites for hydroxylation is 1. The number of ether oxygens (including phenoxy) is 2. The van der Waals surface area contributed by atoms with Crippen LogP contribution in [-0.2, 0) is 24.6 Å². The van der Waals surface area contributed by atoms with Gasteiger partial charge in [-0.1, -0.05) is 84.5 Å². The second kappa shape index (κ2) is 12.8. The highest BCUT2D eigenvalue weighted by Gasteiger charge is 2.70. The smallest absolute Gasteiger partial charge is 0.260 e. The molecule has 4 aliphatic rings. The van der Waals surface area contributed by atoms with E-state index in [0.717, 1.165) is 21.7 Å². The Kier molecular flexibility index (Phi) is 8.20. The number of methoxy groups -OCH3 is 2. The molecule has 2 N–H and O–H groups in total. The van der Waals surface area contributed by atoms with Crippen molar-refractivity contribution in [3.8, 4) is 17.2 Å². The molecule has 2 aliphatic carbocycles. The van der Waals surface area contributed by atoms with E-state index in [1.807, 2.05) is 79.7 Å². The van der Waals surface area contributed by atoms with Crippen LogP contribution in [-0.4, -0.2) is 48.0 Å². The third kappa shape index (κ3) is 4.99. The first-order chi connectivity index (χ1) is 25.6. The van der Waals surface area contributed by atoms with Crippen LogP contribution < -0.4 is 19.8 Å². The number of hydrazine groups is 1. The van der Waals surface area contributed by atoms with Crippen molar-refractivity contribution in [2.24, 2.45) is 23.7 Å². The highest BCUT2D eigenvalue weighted by atomic mass is 16.5. The fraction of sp³-hybridized carbons (Fsp3) is 0.256. The molecule has 2 heterocycles. The number of benzene rings is 4. The van der Waals surface area contributed by atoms with Gasteiger partial charge in [-0.3, -0.25) is 29.5 Å². The van der Waals surface area contributed by atoms with Gasteiger partial charge in [-0.2, -0.15) is 5.01 Å². The number of imide groups is 2. The van der Waals surface area contributed by atoms with Crippen LogP contribution in [0.2, 0.25) is 0 Å². The van der Waals surface area contributed by atoms with Crippen LogP contribution in [0.3, 0.4) is 0 Å². The zero-order chi connectivity index (χ0) is 37.2. The summed E-state index contributed by atoms with van der Waals surface area (Å²) in [4.78, 5) is 60.2. The Morgan fingerprint density at radius 2 is 1.51 bits per heavy atom. The normalized spacial score (nSPS) is 26.1. The number of allylic oxidation sites excluding steroid dienone is 2. The highest BCUT2D eigenvalue weighted by molar-refractivity contribution is 6.22. The van der Waals surface area contributed by atoms with Crippen LogP contribution in [0, 0.1) is 30.6 Å². The molecule has 0 spiro atoms. The first kappa shape index (κ1) is 34.0. The third-order valence-corrected chi connectivity index (χ3v) is 11.6. The summed E-state index contributed by atoms with van der Waals surface area (Å²) < 4.78 is 11.2. The zero-order valence-corrected chi connectivity index (χ0v) is 29.6. The summed E-state index contributed by atoms with van der Waals surface area (Å²) in [5, 5.41) is 12.1. The summed E-state index contributed by atoms with van der Waals surface area (Å²) in [6, 6.07) is 27.1. The van der Waals surface area contributed by atoms with Gasteiger partial charge < -0.3 is 14.6 Å². The third-order valence-electron chi connectivity index (χ3n) is 11.6. The van der Waals surface area contributed by atoms with Crippen molar-refractivity contribution in [1.82, 2.24) is 5.01 Å². The average molecular weight is 710 g/mol. The summed E-state index contributed by atoms with van der Waals surface area (Å²) in [6.07, 6.45) is 4.11. The number of anilines is 2. The molecular weight excluding hydrogens is 670 g/mol. The summed E-state index contributed by atoms with van der Waals surface area (Å²) in [5.41, 5.74) is 6.52. The van der Waals surface area contributed by atoms with Crippen LogP contribution in [0.4, 0.5) is 11.4 Å². The fourth-order valence-corrected chi connectivity index (χ4v) is 9.22. The number of amides is 4. The number of nitrogens with zero attached hydrogens (tertiary/aromatic N) is 2. The molecule has 10 nitrogen and oxygen atoms in total. The van der Waals surface area contributed by atoms with Crippen molar-refractivity contribution in [2.45, 2.75) is 31.1 Å². The Hall–Kier alpha value is -6.16. The number of aromatic hydroxyl groups is 1. The van der Waals surface area contributed by atoms with Crippen LogP contribution in [0.15, 0.2) is 109 Å². The van der Waals surface area contributed by atoms with Crippen molar-refractivity contribution in [3.63, 3.8) is 0 Å². The summed E-state index contributed by atoms with van der Waals surface area (Å²) >= 11 is 0. The van der Waals surface area contributed by atoms with E-state index in [0.29, 0.717) is 22.5 Å². The van der Waals surface area contributed by atoms with Crippen LogP contribution >= 0.6 is 0 Å². The van der Waals surface area contributed by atoms with Gasteiger partial charge in [0.15, 0.2) is 11.5 Å². The molecule has 0 radical (unpaired) electrons. The number of hydrogen-bond acceptors (Lipinski definition) is 8. The lowest BCUT2D eigenvalue weighted by Gasteiger charge is -2.50. The van der Waals surface area contributed by atoms with E-state index >= 15 is 4.79 Å². The van der Waals surface area contributed by atoms with Gasteiger partial charge in [0.25, 0.3) is 11.8 Å². The Bertz CT molecular complexity index is 2170. The summed E-state index contributed by atoms with van der Waals surface area (Å²) in [5.74, 6) is -5.17. The number of carbonyl (C=O) groups excluding carboxylic acids is 4. The van der Waals surface area contributed by atoms with Gasteiger partial charge >= 0.3 is 0 Å². The fourth-order valence-electron chi connectivity index (χ4n) is 9.22. The maximum atomic E-state index is 15.4. The molecule has 268 valence electrons. The maximum Gasteiger partial charge on any atom is 0.260 e. The van der Waals surface area contributed by atoms with E-state index in [1.54, 1.807) is 30.3 Å². The minimum Gasteiger partial charge on any atom is -0.502 e. The molecule has 6 unspecified atom stereocenters. The van der Waals surface area contributed by atoms with E-state index in [-0.39, 0.29) is 41.9 Å². The van der Waals surface area contributed by atoms with Gasteiger partial charge in [0.1, 0.15) is 0 Å². The number of rotatable bonds is 8. The van der Waals surface area contributed by atoms with Crippen molar-refractivity contribution < 1.29 is 33.8 Å². The molecule has 1 saturated carbocycles. The van der Waals surface area contributed by atoms with E-state index in [9.17, 15) is 19.5 Å². The maximum absolute atomic E-state index is 15.4. The SMILES string of the molecule is C=Cc1ccc(N2C(=O)C3CC=C4C(CC5C(=O)N(Nc6ccc(C)cc6)C(=O)C5(c5ccccc5)C4c4cc(OC)c(O)c(OC)c4)C3C2=O)cc1. The minimum atomic E-state index is -1.48. The Balaban J connectivity index is 1.34. The van der Waals surface area contributed by atoms with E-state index in [2.05, 4.69) is 12.0 Å². The van der Waals surface area contributed by atoms with E-state index in [4.69, 9.17) is 9.47 Å². The molecule has 2 aliphatic heterocycles. The first-order valence-corrected chi connectivity index (χ1v) is 17.7. The standard InChI is InChI=1S/C43H39N3O7/c1-5-25-13-17-29(18-14-25)45-39(48)31-20-19-30-32(36(31)41(45)50)23-33-40(49)46(44-28-15-11-24(2)12-16-28)42(51)43(33,27-9-7-6-8-10-27)37(30)26-21-34(52-3)38(47)35(22-26)53-4/h5-19,21-22,31-33,36-37,44,47H,1,20,23H2,2-4H3. The molecule has 3 fully saturated rings. The first-order valence-electron chi connectivity index (χ1n) is 17.7. The van der Waals surface area contributed by atoms with Gasteiger partial charge in [-0.25, -0.2) is 0 Å². The Morgan fingerprint density at radius 3 is 2.13 bits per heavy atom. The van der Waals surface area contributed by atoms with Gasteiger partial charge in [0.2, 0.25) is 17.6 Å². The van der Waals surface area contributed by atoms with Crippen LogP contribution in [0.25, 0.3) is 6.08 Å². The number of fused-ring (bicyclic) bond motifs is 4. The second-order valence-electron chi connectivity index (χ2n) is 14.2. The highest BCUT2D eigenvalue weighted by Crippen LogP contribution is 2.65. The molecule has 2 saturated heterocycles. The summed E-state index contributed by atoms with van der Waals surface area (Å²) in [7, 11) is 2.86. The number of hydrogen-bond donors (Lipinski definition) is 2. The largest absolute Gasteiger partial charge is 0.502 e. The minimum absolute atomic E-state index is 0.128. The molecular formula is C43H39N3O7. The molecule has 6 atom stereocenters. The zero-order valence-electron chi connectivity index (χ0n) is 29.6. The second-order valence-corrected chi connectivity index (χ2v) is 14.2. The van der Waals surface area contributed by atoms with Crippen molar-refractivity contribution in [3.05, 3.63) is 131 Å². The predicted octanol–water partition coefficient (Wildman–Crippen LogP) is 6.55. The Morgan fingerprint density at radius 1 is 0.849 bits per heavy atom. The predicted molar refractivity (Wildman–Crippen MR) is 199 cm³/mol. The van der Waals surface area contributed by atoms with Gasteiger partial charge in [-0.15, -0.1) is 0 Å². The molecule has 0 aromatic heterocycles. The van der Waals surface area contributed by atoms with E-state index in [1.165, 1.54) is 19.1 Å². The topological polar surface area (TPSA) is 125 Å². The lowest BCUT2D eigenvalue weighted by Crippen LogP contribution is -2.53. The molecule has 4 aromatic carbocycles. The molecule has 8 rings (SSSR count). The molecule has 10 heteroatoms. The lowest BCUT2D eigenvalue weighted by atomic mass is 9.49. The van der Waals surface area contributed by atoms with Crippen molar-refractivity contribution >= 4 is 41.1 Å². The summed E-state index contributed by atoms with van der Waals surface area (Å²) in [6.45, 7) is 5.76. The number of nitrogens with one attached hydrogen (secondary N) is 1. The monoisotopic (exact) mass is 709 g/mol. The molecule has 53 heavy (non-hydrogen) atoms. The quantitative estimate of drug-likeness (QED) is 0.156.